The maximum atomic E-state index is 12.1. The molecule has 2 heterocycles. The van der Waals surface area contributed by atoms with Gasteiger partial charge in [-0.1, -0.05) is 22.0 Å². The molecule has 0 spiro atoms. The first kappa shape index (κ1) is 17.4. The van der Waals surface area contributed by atoms with Gasteiger partial charge in [0.05, 0.1) is 5.52 Å². The van der Waals surface area contributed by atoms with Crippen molar-refractivity contribution in [2.24, 2.45) is 0 Å². The molecular formula is C18H13BrN4O4. The van der Waals surface area contributed by atoms with E-state index in [0.717, 1.165) is 10.2 Å². The standard InChI is InChI=1S/C18H13BrN4O4/c19-9-2-1-3-10(6-9)22-16-12-7-11(4-5-13(12)20-8-21-16)23-17(24)14-15(27-14)18(25)26/h1-8,14-15H,(H,23,24)(H,25,26)(H,20,21,22)/t14-,15-/m0/s1. The molecule has 1 aliphatic rings. The highest BCUT2D eigenvalue weighted by Crippen LogP contribution is 2.28. The Kier molecular flexibility index (Phi) is 4.46. The maximum absolute atomic E-state index is 12.1. The molecule has 2 aromatic carbocycles. The quantitative estimate of drug-likeness (QED) is 0.534. The van der Waals surface area contributed by atoms with Gasteiger partial charge >= 0.3 is 5.97 Å². The van der Waals surface area contributed by atoms with Gasteiger partial charge in [0.15, 0.2) is 12.2 Å². The first-order chi connectivity index (χ1) is 13.0. The smallest absolute Gasteiger partial charge is 0.336 e. The molecule has 1 aromatic heterocycles. The molecule has 4 rings (SSSR count). The van der Waals surface area contributed by atoms with E-state index in [-0.39, 0.29) is 0 Å². The number of carbonyl (C=O) groups is 2. The van der Waals surface area contributed by atoms with Crippen molar-refractivity contribution in [3.8, 4) is 0 Å². The van der Waals surface area contributed by atoms with Gasteiger partial charge in [-0.3, -0.25) is 4.79 Å². The first-order valence-electron chi connectivity index (χ1n) is 7.98. The average Bonchev–Trinajstić information content (AvgIpc) is 3.43. The number of hydrogen-bond acceptors (Lipinski definition) is 6. The molecule has 9 heteroatoms. The van der Waals surface area contributed by atoms with Crippen LogP contribution >= 0.6 is 15.9 Å². The number of nitrogens with zero attached hydrogens (tertiary/aromatic N) is 2. The highest BCUT2D eigenvalue weighted by Gasteiger charge is 2.50. The molecule has 27 heavy (non-hydrogen) atoms. The van der Waals surface area contributed by atoms with Crippen LogP contribution in [0.2, 0.25) is 0 Å². The molecular weight excluding hydrogens is 416 g/mol. The lowest BCUT2D eigenvalue weighted by atomic mass is 10.2. The molecule has 0 unspecified atom stereocenters. The van der Waals surface area contributed by atoms with Crippen molar-refractivity contribution >= 4 is 55.9 Å². The van der Waals surface area contributed by atoms with Gasteiger partial charge in [-0.25, -0.2) is 14.8 Å². The van der Waals surface area contributed by atoms with Crippen LogP contribution in [0.15, 0.2) is 53.3 Å². The van der Waals surface area contributed by atoms with Gasteiger partial charge in [0.1, 0.15) is 12.1 Å². The summed E-state index contributed by atoms with van der Waals surface area (Å²) in [6.45, 7) is 0. The Morgan fingerprint density at radius 2 is 1.93 bits per heavy atom. The van der Waals surface area contributed by atoms with Crippen molar-refractivity contribution in [1.29, 1.82) is 0 Å². The number of amides is 1. The molecule has 0 saturated carbocycles. The SMILES string of the molecule is O=C(O)[C@H]1O[C@@H]1C(=O)Nc1ccc2ncnc(Nc3cccc(Br)c3)c2c1. The average molecular weight is 429 g/mol. The Morgan fingerprint density at radius 3 is 2.67 bits per heavy atom. The van der Waals surface area contributed by atoms with Crippen molar-refractivity contribution in [2.75, 3.05) is 10.6 Å². The molecule has 1 amide bonds. The number of ether oxygens (including phenoxy) is 1. The second-order valence-corrected chi connectivity index (χ2v) is 6.81. The number of halogens is 1. The summed E-state index contributed by atoms with van der Waals surface area (Å²) < 4.78 is 5.79. The number of benzene rings is 2. The highest BCUT2D eigenvalue weighted by molar-refractivity contribution is 9.10. The molecule has 1 aliphatic heterocycles. The zero-order valence-electron chi connectivity index (χ0n) is 13.7. The highest BCUT2D eigenvalue weighted by atomic mass is 79.9. The fourth-order valence-electron chi connectivity index (χ4n) is 2.65. The maximum Gasteiger partial charge on any atom is 0.336 e. The molecule has 2 atom stereocenters. The van der Waals surface area contributed by atoms with Crippen molar-refractivity contribution in [1.82, 2.24) is 9.97 Å². The Labute approximate surface area is 161 Å². The fourth-order valence-corrected chi connectivity index (χ4v) is 3.05. The van der Waals surface area contributed by atoms with E-state index in [1.54, 1.807) is 18.2 Å². The monoisotopic (exact) mass is 428 g/mol. The van der Waals surface area contributed by atoms with Gasteiger partial charge in [0, 0.05) is 21.2 Å². The van der Waals surface area contributed by atoms with E-state index in [1.165, 1.54) is 6.33 Å². The minimum atomic E-state index is -1.15. The van der Waals surface area contributed by atoms with E-state index >= 15 is 0 Å². The predicted molar refractivity (Wildman–Crippen MR) is 102 cm³/mol. The van der Waals surface area contributed by atoms with E-state index in [1.807, 2.05) is 24.3 Å². The van der Waals surface area contributed by atoms with Crippen LogP contribution in [-0.4, -0.2) is 39.2 Å². The molecule has 0 bridgehead atoms. The summed E-state index contributed by atoms with van der Waals surface area (Å²) in [7, 11) is 0. The van der Waals surface area contributed by atoms with Gasteiger partial charge in [-0.2, -0.15) is 0 Å². The normalized spacial score (nSPS) is 18.1. The summed E-state index contributed by atoms with van der Waals surface area (Å²) in [4.78, 5) is 31.4. The number of nitrogens with one attached hydrogen (secondary N) is 2. The Bertz CT molecular complexity index is 1060. The second kappa shape index (κ2) is 6.93. The molecule has 1 saturated heterocycles. The van der Waals surface area contributed by atoms with E-state index in [4.69, 9.17) is 9.84 Å². The van der Waals surface area contributed by atoms with Crippen molar-refractivity contribution < 1.29 is 19.4 Å². The number of epoxide rings is 1. The summed E-state index contributed by atoms with van der Waals surface area (Å²) in [5.74, 6) is -1.07. The van der Waals surface area contributed by atoms with Gasteiger partial charge in [0.2, 0.25) is 0 Å². The van der Waals surface area contributed by atoms with Crippen LogP contribution in [0.25, 0.3) is 10.9 Å². The molecule has 136 valence electrons. The third-order valence-electron chi connectivity index (χ3n) is 3.98. The minimum Gasteiger partial charge on any atom is -0.479 e. The number of aromatic nitrogens is 2. The lowest BCUT2D eigenvalue weighted by Gasteiger charge is -2.10. The molecule has 8 nitrogen and oxygen atoms in total. The summed E-state index contributed by atoms with van der Waals surface area (Å²) in [6.07, 6.45) is -0.594. The number of rotatable bonds is 5. The Hall–Kier alpha value is -3.04. The third kappa shape index (κ3) is 3.74. The summed E-state index contributed by atoms with van der Waals surface area (Å²) in [5.41, 5.74) is 2.04. The molecule has 0 radical (unpaired) electrons. The second-order valence-electron chi connectivity index (χ2n) is 5.89. The van der Waals surface area contributed by atoms with Crippen LogP contribution in [0, 0.1) is 0 Å². The summed E-state index contributed by atoms with van der Waals surface area (Å²) in [5, 5.41) is 15.4. The number of carboxylic acids is 1. The Morgan fingerprint density at radius 1 is 1.07 bits per heavy atom. The van der Waals surface area contributed by atoms with E-state index in [2.05, 4.69) is 36.5 Å². The van der Waals surface area contributed by atoms with Crippen LogP contribution < -0.4 is 10.6 Å². The van der Waals surface area contributed by atoms with Gasteiger partial charge in [0.25, 0.3) is 5.91 Å². The van der Waals surface area contributed by atoms with Gasteiger partial charge in [-0.15, -0.1) is 0 Å². The van der Waals surface area contributed by atoms with Gasteiger partial charge < -0.3 is 20.5 Å². The lowest BCUT2D eigenvalue weighted by Crippen LogP contribution is -2.22. The van der Waals surface area contributed by atoms with Crippen LogP contribution in [0.5, 0.6) is 0 Å². The van der Waals surface area contributed by atoms with Crippen molar-refractivity contribution in [3.05, 3.63) is 53.3 Å². The predicted octanol–water partition coefficient (Wildman–Crippen LogP) is 2.93. The van der Waals surface area contributed by atoms with Crippen molar-refractivity contribution in [2.45, 2.75) is 12.2 Å². The lowest BCUT2D eigenvalue weighted by molar-refractivity contribution is -0.138. The fraction of sp³-hybridized carbons (Fsp3) is 0.111. The van der Waals surface area contributed by atoms with E-state index in [9.17, 15) is 9.59 Å². The number of anilines is 3. The zero-order valence-corrected chi connectivity index (χ0v) is 15.3. The van der Waals surface area contributed by atoms with E-state index in [0.29, 0.717) is 22.4 Å². The van der Waals surface area contributed by atoms with Gasteiger partial charge in [-0.05, 0) is 36.4 Å². The summed E-state index contributed by atoms with van der Waals surface area (Å²) in [6, 6.07) is 12.8. The number of carbonyl (C=O) groups excluding carboxylic acids is 1. The first-order valence-corrected chi connectivity index (χ1v) is 8.77. The number of hydrogen-bond donors (Lipinski definition) is 3. The topological polar surface area (TPSA) is 117 Å². The number of fused-ring (bicyclic) bond motifs is 1. The van der Waals surface area contributed by atoms with Crippen LogP contribution in [0.4, 0.5) is 17.2 Å². The zero-order chi connectivity index (χ0) is 19.0. The van der Waals surface area contributed by atoms with Crippen LogP contribution in [0.1, 0.15) is 0 Å². The molecule has 3 N–H and O–H groups in total. The third-order valence-corrected chi connectivity index (χ3v) is 4.48. The van der Waals surface area contributed by atoms with E-state index < -0.39 is 24.1 Å². The molecule has 3 aromatic rings. The number of aliphatic carboxylic acids is 1. The van der Waals surface area contributed by atoms with Crippen LogP contribution in [-0.2, 0) is 14.3 Å². The summed E-state index contributed by atoms with van der Waals surface area (Å²) >= 11 is 3.42. The number of carboxylic acid groups (broad SMARTS) is 1. The Balaban J connectivity index is 1.59. The molecule has 0 aliphatic carbocycles. The molecule has 1 fully saturated rings. The van der Waals surface area contributed by atoms with Crippen LogP contribution in [0.3, 0.4) is 0 Å². The van der Waals surface area contributed by atoms with Crippen molar-refractivity contribution in [3.63, 3.8) is 0 Å². The minimum absolute atomic E-state index is 0.499. The largest absolute Gasteiger partial charge is 0.479 e.